The Labute approximate surface area is 343 Å². The summed E-state index contributed by atoms with van der Waals surface area (Å²) < 4.78 is 120. The molecule has 61 heavy (non-hydrogen) atoms. The van der Waals surface area contributed by atoms with E-state index in [1.54, 1.807) is 48.0 Å². The van der Waals surface area contributed by atoms with Crippen molar-refractivity contribution in [2.75, 3.05) is 16.4 Å². The number of halogens is 6. The van der Waals surface area contributed by atoms with Crippen LogP contribution in [0.25, 0.3) is 22.5 Å². The van der Waals surface area contributed by atoms with Crippen molar-refractivity contribution < 1.29 is 57.9 Å². The predicted octanol–water partition coefficient (Wildman–Crippen LogP) is 6.02. The fourth-order valence-electron chi connectivity index (χ4n) is 5.20. The summed E-state index contributed by atoms with van der Waals surface area (Å²) in [7, 11) is -4.14. The minimum absolute atomic E-state index is 0.0867. The number of ketones is 1. The number of hydrogen-bond acceptors (Lipinski definition) is 10. The Kier molecular flexibility index (Phi) is 14.5. The summed E-state index contributed by atoms with van der Waals surface area (Å²) in [5.74, 6) is -2.61. The third-order valence-corrected chi connectivity index (χ3v) is 8.55. The van der Waals surface area contributed by atoms with E-state index >= 15 is 0 Å². The second-order valence-corrected chi connectivity index (χ2v) is 15.7. The third kappa shape index (κ3) is 14.6. The number of alkyl halides is 6. The Hall–Kier alpha value is -6.60. The molecule has 0 aliphatic heterocycles. The smallest absolute Gasteiger partial charge is 0.416 e. The Balaban J connectivity index is 0.000000244. The van der Waals surface area contributed by atoms with Crippen LogP contribution in [0.2, 0.25) is 0 Å². The van der Waals surface area contributed by atoms with Crippen LogP contribution in [0.1, 0.15) is 31.8 Å². The Bertz CT molecular complexity index is 2730. The number of aryl methyl sites for hydroxylation is 2. The maximum absolute atomic E-state index is 12.8. The molecule has 0 atom stereocenters. The largest absolute Gasteiger partial charge is 0.478 e. The second-order valence-electron chi connectivity index (χ2n) is 12.9. The zero-order valence-electron chi connectivity index (χ0n) is 31.6. The average molecular weight is 896 g/mol. The predicted molar refractivity (Wildman–Crippen MR) is 213 cm³/mol. The molecule has 2 heterocycles. The van der Waals surface area contributed by atoms with Gasteiger partial charge in [-0.25, -0.2) is 38.6 Å². The number of primary sulfonamides is 1. The lowest BCUT2D eigenvalue weighted by Gasteiger charge is -2.13. The highest BCUT2D eigenvalue weighted by molar-refractivity contribution is 7.89. The summed E-state index contributed by atoms with van der Waals surface area (Å²) in [4.78, 5) is 31.9. The van der Waals surface area contributed by atoms with Crippen molar-refractivity contribution >= 4 is 54.7 Å². The molecule has 9 N–H and O–H groups in total. The van der Waals surface area contributed by atoms with E-state index in [4.69, 9.17) is 5.14 Å². The third-order valence-electron chi connectivity index (χ3n) is 7.88. The van der Waals surface area contributed by atoms with Gasteiger partial charge in [-0.15, -0.1) is 0 Å². The van der Waals surface area contributed by atoms with Gasteiger partial charge in [-0.2, -0.15) is 34.8 Å². The first-order valence-corrected chi connectivity index (χ1v) is 20.2. The molecule has 0 saturated heterocycles. The van der Waals surface area contributed by atoms with Crippen LogP contribution in [0.3, 0.4) is 0 Å². The number of benzene rings is 4. The van der Waals surface area contributed by atoms with Gasteiger partial charge in [0.15, 0.2) is 5.78 Å². The minimum Gasteiger partial charge on any atom is -0.478 e. The minimum atomic E-state index is -4.44. The highest BCUT2D eigenvalue weighted by Gasteiger charge is 2.31. The van der Waals surface area contributed by atoms with Gasteiger partial charge in [-0.05, 0) is 84.9 Å². The number of imidazole rings is 2. The number of nitrogens with zero attached hydrogens (tertiary/aromatic N) is 4. The molecule has 6 aromatic rings. The lowest BCUT2D eigenvalue weighted by molar-refractivity contribution is -0.138. The molecule has 324 valence electrons. The molecular formula is C37H35F6N9O7S2. The standard InChI is InChI=1S/C19H17F3N4O3S.C18H14F3N3O2.H4N2O2S/c1-26-9-17(24-11-26)15-8-12(18(27)10-30(23,28)29)2-7-16(15)25-14-5-3-13(4-6-14)19(20,21)22;1-24-9-16(22-10-24)14-8-11(17(25)26)2-7-15(14)23-13-5-3-12(4-6-13)18(19,20)21;1-5(2,3)4/h2-9,11,25H,10H2,1H3,(H2,23,28,29);2-10,23H,1H3,(H,25,26);(H4,1,2,3,4). The van der Waals surface area contributed by atoms with E-state index in [1.165, 1.54) is 60.9 Å². The average Bonchev–Trinajstić information content (AvgIpc) is 3.78. The number of sulfonamides is 1. The zero-order chi connectivity index (χ0) is 45.5. The SMILES string of the molecule is Cn1cnc(-c2cc(C(=O)CS(N)(=O)=O)ccc2Nc2ccc(C(F)(F)F)cc2)c1.Cn1cnc(-c2cc(C(=O)O)ccc2Nc2ccc(C(F)(F)F)cc2)c1.NS(N)(=O)=O. The Morgan fingerprint density at radius 1 is 0.639 bits per heavy atom. The molecule has 0 saturated carbocycles. The van der Waals surface area contributed by atoms with Crippen LogP contribution in [0.5, 0.6) is 0 Å². The molecule has 0 fully saturated rings. The molecule has 0 spiro atoms. The van der Waals surface area contributed by atoms with Crippen LogP contribution < -0.4 is 26.1 Å². The normalized spacial score (nSPS) is 11.7. The van der Waals surface area contributed by atoms with Gasteiger partial charge < -0.3 is 24.9 Å². The molecule has 0 aliphatic rings. The van der Waals surface area contributed by atoms with Crippen LogP contribution in [0.4, 0.5) is 49.1 Å². The van der Waals surface area contributed by atoms with Gasteiger partial charge in [0, 0.05) is 65.9 Å². The van der Waals surface area contributed by atoms with Crippen molar-refractivity contribution in [1.29, 1.82) is 0 Å². The number of nitrogens with one attached hydrogen (secondary N) is 2. The van der Waals surface area contributed by atoms with Crippen molar-refractivity contribution in [3.63, 3.8) is 0 Å². The molecule has 0 radical (unpaired) electrons. The van der Waals surface area contributed by atoms with E-state index in [0.717, 1.165) is 24.3 Å². The fourth-order valence-corrected chi connectivity index (χ4v) is 5.73. The molecule has 24 heteroatoms. The summed E-state index contributed by atoms with van der Waals surface area (Å²) in [6.07, 6.45) is -2.33. The van der Waals surface area contributed by atoms with Crippen LogP contribution >= 0.6 is 0 Å². The van der Waals surface area contributed by atoms with E-state index < -0.39 is 61.2 Å². The summed E-state index contributed by atoms with van der Waals surface area (Å²) >= 11 is 0. The van der Waals surface area contributed by atoms with Crippen molar-refractivity contribution in [3.05, 3.63) is 132 Å². The molecule has 2 aromatic heterocycles. The molecule has 0 unspecified atom stereocenters. The number of anilines is 4. The van der Waals surface area contributed by atoms with Crippen LogP contribution in [-0.2, 0) is 46.7 Å². The number of carboxylic acid groups (broad SMARTS) is 1. The number of Topliss-reactive ketones (excluding diaryl/α,β-unsaturated/α-hetero) is 1. The highest BCUT2D eigenvalue weighted by Crippen LogP contribution is 2.35. The molecule has 4 aromatic carbocycles. The second kappa shape index (κ2) is 18.8. The van der Waals surface area contributed by atoms with Gasteiger partial charge in [0.25, 0.3) is 10.2 Å². The first-order chi connectivity index (χ1) is 28.2. The number of carbonyl (C=O) groups excluding carboxylic acids is 1. The summed E-state index contributed by atoms with van der Waals surface area (Å²) in [5.41, 5.74) is 2.56. The number of rotatable bonds is 10. The number of hydrogen-bond donors (Lipinski definition) is 6. The first-order valence-electron chi connectivity index (χ1n) is 16.9. The van der Waals surface area contributed by atoms with E-state index in [1.807, 2.05) is 0 Å². The van der Waals surface area contributed by atoms with Crippen molar-refractivity contribution in [1.82, 2.24) is 19.1 Å². The first kappa shape index (κ1) is 47.1. The molecule has 16 nitrogen and oxygen atoms in total. The van der Waals surface area contributed by atoms with Crippen molar-refractivity contribution in [2.24, 2.45) is 29.5 Å². The number of aromatic carboxylic acids is 1. The van der Waals surface area contributed by atoms with E-state index in [9.17, 15) is 57.9 Å². The fraction of sp³-hybridized carbons (Fsp3) is 0.135. The molecule has 0 amide bonds. The number of aromatic nitrogens is 4. The van der Waals surface area contributed by atoms with Crippen LogP contribution in [0, 0.1) is 0 Å². The zero-order valence-corrected chi connectivity index (χ0v) is 33.2. The van der Waals surface area contributed by atoms with Crippen LogP contribution in [-0.4, -0.2) is 58.5 Å². The Morgan fingerprint density at radius 2 is 1.00 bits per heavy atom. The van der Waals surface area contributed by atoms with Gasteiger partial charge in [0.05, 0.1) is 40.7 Å². The summed E-state index contributed by atoms with van der Waals surface area (Å²) in [6, 6.07) is 17.9. The number of nitrogens with two attached hydrogens (primary N) is 3. The van der Waals surface area contributed by atoms with Crippen molar-refractivity contribution in [3.8, 4) is 22.5 Å². The van der Waals surface area contributed by atoms with Gasteiger partial charge in [-0.1, -0.05) is 0 Å². The Morgan fingerprint density at radius 3 is 1.31 bits per heavy atom. The topological polar surface area (TPSA) is 260 Å². The summed E-state index contributed by atoms with van der Waals surface area (Å²) in [5, 5.41) is 28.4. The molecular weight excluding hydrogens is 861 g/mol. The van der Waals surface area contributed by atoms with Gasteiger partial charge in [0.1, 0.15) is 5.75 Å². The van der Waals surface area contributed by atoms with E-state index in [0.29, 0.717) is 45.3 Å². The number of carbonyl (C=O) groups is 2. The summed E-state index contributed by atoms with van der Waals surface area (Å²) in [6.45, 7) is 0. The highest BCUT2D eigenvalue weighted by atomic mass is 32.2. The maximum atomic E-state index is 12.8. The van der Waals surface area contributed by atoms with E-state index in [2.05, 4.69) is 30.9 Å². The van der Waals surface area contributed by atoms with Crippen molar-refractivity contribution in [2.45, 2.75) is 12.4 Å². The molecule has 0 bridgehead atoms. The van der Waals surface area contributed by atoms with Gasteiger partial charge in [0.2, 0.25) is 10.0 Å². The quantitative estimate of drug-likeness (QED) is 0.0685. The van der Waals surface area contributed by atoms with Crippen LogP contribution in [0.15, 0.2) is 110 Å². The lowest BCUT2D eigenvalue weighted by Crippen LogP contribution is -2.23. The molecule has 6 rings (SSSR count). The number of carboxylic acids is 1. The monoisotopic (exact) mass is 895 g/mol. The van der Waals surface area contributed by atoms with Gasteiger partial charge >= 0.3 is 18.3 Å². The van der Waals surface area contributed by atoms with Gasteiger partial charge in [-0.3, -0.25) is 4.79 Å². The van der Waals surface area contributed by atoms with E-state index in [-0.39, 0.29) is 11.1 Å². The lowest BCUT2D eigenvalue weighted by atomic mass is 10.0. The maximum Gasteiger partial charge on any atom is 0.416 e. The molecule has 0 aliphatic carbocycles.